The lowest BCUT2D eigenvalue weighted by atomic mass is 9.92. The van der Waals surface area contributed by atoms with Gasteiger partial charge in [0.05, 0.1) is 10.6 Å². The highest BCUT2D eigenvalue weighted by Crippen LogP contribution is 2.34. The molecule has 0 aliphatic heterocycles. The molecule has 0 fully saturated rings. The molecule has 132 valence electrons. The molecule has 0 atom stereocenters. The lowest BCUT2D eigenvalue weighted by molar-refractivity contribution is 0.567. The van der Waals surface area contributed by atoms with Crippen molar-refractivity contribution >= 4 is 38.8 Å². The molecule has 1 aromatic carbocycles. The fourth-order valence-corrected chi connectivity index (χ4v) is 5.05. The highest BCUT2D eigenvalue weighted by Gasteiger charge is 2.30. The van der Waals surface area contributed by atoms with Gasteiger partial charge in [-0.15, -0.1) is 11.8 Å². The van der Waals surface area contributed by atoms with Gasteiger partial charge < -0.3 is 0 Å². The van der Waals surface area contributed by atoms with Crippen LogP contribution < -0.4 is 0 Å². The number of hydrogen-bond donors (Lipinski definition) is 0. The smallest absolute Gasteiger partial charge is 0.213 e. The molecule has 2 heterocycles. The van der Waals surface area contributed by atoms with Crippen molar-refractivity contribution in [1.82, 2.24) is 14.6 Å². The third-order valence-electron chi connectivity index (χ3n) is 3.76. The van der Waals surface area contributed by atoms with Gasteiger partial charge in [0.15, 0.2) is 10.5 Å². The van der Waals surface area contributed by atoms with E-state index in [1.165, 1.54) is 16.3 Å². The zero-order valence-electron chi connectivity index (χ0n) is 14.3. The molecular formula is C17H18ClN3O2S2. The summed E-state index contributed by atoms with van der Waals surface area (Å²) in [4.78, 5) is 4.90. The van der Waals surface area contributed by atoms with Crippen LogP contribution in [0.3, 0.4) is 0 Å². The van der Waals surface area contributed by atoms with Crippen molar-refractivity contribution in [3.8, 4) is 0 Å². The zero-order valence-corrected chi connectivity index (χ0v) is 16.7. The van der Waals surface area contributed by atoms with Crippen molar-refractivity contribution in [2.24, 2.45) is 0 Å². The van der Waals surface area contributed by atoms with E-state index in [0.29, 0.717) is 15.9 Å². The molecular weight excluding hydrogens is 378 g/mol. The zero-order chi connectivity index (χ0) is 18.4. The first-order chi connectivity index (χ1) is 11.7. The molecule has 8 heteroatoms. The maximum atomic E-state index is 13.2. The highest BCUT2D eigenvalue weighted by atomic mass is 35.5. The number of halogens is 1. The maximum Gasteiger partial charge on any atom is 0.213 e. The van der Waals surface area contributed by atoms with Gasteiger partial charge in [-0.1, -0.05) is 50.6 Å². The minimum atomic E-state index is -3.77. The van der Waals surface area contributed by atoms with Crippen LogP contribution in [-0.4, -0.2) is 29.3 Å². The first-order valence-corrected chi connectivity index (χ1v) is 10.7. The Bertz CT molecular complexity index is 1040. The van der Waals surface area contributed by atoms with Crippen LogP contribution in [0.15, 0.2) is 51.2 Å². The average Bonchev–Trinajstić information content (AvgIpc) is 2.95. The van der Waals surface area contributed by atoms with Gasteiger partial charge >= 0.3 is 0 Å². The number of hydrogen-bond acceptors (Lipinski definition) is 5. The second-order valence-corrected chi connectivity index (χ2v) is 9.67. The Hall–Kier alpha value is -1.57. The summed E-state index contributed by atoms with van der Waals surface area (Å²) in [7, 11) is -3.77. The number of fused-ring (bicyclic) bond motifs is 1. The fraction of sp³-hybridized carbons (Fsp3) is 0.294. The van der Waals surface area contributed by atoms with Crippen LogP contribution in [0.25, 0.3) is 5.65 Å². The number of thioether (sulfide) groups is 1. The van der Waals surface area contributed by atoms with Crippen LogP contribution in [0.1, 0.15) is 26.5 Å². The Morgan fingerprint density at radius 3 is 2.36 bits per heavy atom. The molecule has 0 spiro atoms. The average molecular weight is 396 g/mol. The van der Waals surface area contributed by atoms with Crippen molar-refractivity contribution in [1.29, 1.82) is 0 Å². The van der Waals surface area contributed by atoms with Crippen LogP contribution in [0.4, 0.5) is 0 Å². The lowest BCUT2D eigenvalue weighted by Crippen LogP contribution is -2.15. The fourth-order valence-electron chi connectivity index (χ4n) is 2.41. The number of rotatable bonds is 3. The number of aromatic nitrogens is 3. The van der Waals surface area contributed by atoms with Crippen LogP contribution >= 0.6 is 23.4 Å². The summed E-state index contributed by atoms with van der Waals surface area (Å²) < 4.78 is 27.8. The third kappa shape index (κ3) is 3.16. The van der Waals surface area contributed by atoms with Crippen molar-refractivity contribution in [3.05, 3.63) is 47.2 Å². The van der Waals surface area contributed by atoms with Gasteiger partial charge in [0.25, 0.3) is 0 Å². The van der Waals surface area contributed by atoms with Gasteiger partial charge in [-0.25, -0.2) is 17.9 Å². The van der Waals surface area contributed by atoms with Gasteiger partial charge in [0, 0.05) is 5.41 Å². The van der Waals surface area contributed by atoms with Crippen LogP contribution in [0.5, 0.6) is 0 Å². The van der Waals surface area contributed by atoms with Crippen molar-refractivity contribution in [2.75, 3.05) is 6.26 Å². The first-order valence-electron chi connectivity index (χ1n) is 7.60. The predicted octanol–water partition coefficient (Wildman–Crippen LogP) is 4.23. The van der Waals surface area contributed by atoms with Crippen molar-refractivity contribution < 1.29 is 8.42 Å². The largest absolute Gasteiger partial charge is 0.232 e. The standard InChI is InChI=1S/C17H18ClN3O2S2/c1-17(2,3)12-10-13(18)21-15(19-12)14(16(20-21)24-4)25(22,23)11-8-6-5-7-9-11/h5-10H,1-4H3. The first kappa shape index (κ1) is 18.2. The Kier molecular flexibility index (Phi) is 4.59. The molecule has 0 radical (unpaired) electrons. The Balaban J connectivity index is 2.40. The van der Waals surface area contributed by atoms with Crippen molar-refractivity contribution in [3.63, 3.8) is 0 Å². The van der Waals surface area contributed by atoms with Crippen LogP contribution in [-0.2, 0) is 15.3 Å². The molecule has 3 aromatic rings. The molecule has 0 bridgehead atoms. The van der Waals surface area contributed by atoms with E-state index >= 15 is 0 Å². The summed E-state index contributed by atoms with van der Waals surface area (Å²) in [6.07, 6.45) is 1.78. The SMILES string of the molecule is CSc1nn2c(Cl)cc(C(C)(C)C)nc2c1S(=O)(=O)c1ccccc1. The van der Waals surface area contributed by atoms with E-state index in [2.05, 4.69) is 10.1 Å². The monoisotopic (exact) mass is 395 g/mol. The lowest BCUT2D eigenvalue weighted by Gasteiger charge is -2.18. The quantitative estimate of drug-likeness (QED) is 0.490. The summed E-state index contributed by atoms with van der Waals surface area (Å²) in [6.45, 7) is 6.00. The molecule has 5 nitrogen and oxygen atoms in total. The number of sulfone groups is 1. The van der Waals surface area contributed by atoms with E-state index in [1.54, 1.807) is 42.7 Å². The minimum Gasteiger partial charge on any atom is -0.232 e. The van der Waals surface area contributed by atoms with E-state index in [0.717, 1.165) is 0 Å². The number of nitrogens with zero attached hydrogens (tertiary/aromatic N) is 3. The van der Waals surface area contributed by atoms with E-state index in [4.69, 9.17) is 11.6 Å². The summed E-state index contributed by atoms with van der Waals surface area (Å²) >= 11 is 7.62. The highest BCUT2D eigenvalue weighted by molar-refractivity contribution is 7.99. The van der Waals surface area contributed by atoms with Crippen LogP contribution in [0.2, 0.25) is 5.15 Å². The summed E-state index contributed by atoms with van der Waals surface area (Å²) in [5.74, 6) is 0. The second-order valence-electron chi connectivity index (χ2n) is 6.60. The van der Waals surface area contributed by atoms with E-state index < -0.39 is 9.84 Å². The van der Waals surface area contributed by atoms with E-state index in [-0.39, 0.29) is 20.9 Å². The third-order valence-corrected chi connectivity index (χ3v) is 6.63. The molecule has 2 aromatic heterocycles. The Morgan fingerprint density at radius 1 is 1.16 bits per heavy atom. The molecule has 0 unspecified atom stereocenters. The van der Waals surface area contributed by atoms with Gasteiger partial charge in [0.1, 0.15) is 10.2 Å². The molecule has 0 N–H and O–H groups in total. The normalized spacial score (nSPS) is 12.7. The molecule has 0 aliphatic rings. The minimum absolute atomic E-state index is 0.0965. The van der Waals surface area contributed by atoms with E-state index in [9.17, 15) is 8.42 Å². The maximum absolute atomic E-state index is 13.2. The van der Waals surface area contributed by atoms with Gasteiger partial charge in [0.2, 0.25) is 9.84 Å². The summed E-state index contributed by atoms with van der Waals surface area (Å²) in [6, 6.07) is 10.0. The van der Waals surface area contributed by atoms with Crippen molar-refractivity contribution in [2.45, 2.75) is 41.0 Å². The molecule has 0 amide bonds. The van der Waals surface area contributed by atoms with E-state index in [1.807, 2.05) is 20.8 Å². The summed E-state index contributed by atoms with van der Waals surface area (Å²) in [5.41, 5.74) is 0.691. The second kappa shape index (κ2) is 6.30. The molecule has 0 aliphatic carbocycles. The summed E-state index contributed by atoms with van der Waals surface area (Å²) in [5, 5.41) is 5.06. The predicted molar refractivity (Wildman–Crippen MR) is 100 cm³/mol. The molecule has 0 saturated carbocycles. The topological polar surface area (TPSA) is 64.3 Å². The Morgan fingerprint density at radius 2 is 1.80 bits per heavy atom. The molecule has 25 heavy (non-hydrogen) atoms. The van der Waals surface area contributed by atoms with Gasteiger partial charge in [-0.05, 0) is 24.5 Å². The Labute approximate surface area is 156 Å². The van der Waals surface area contributed by atoms with Gasteiger partial charge in [-0.3, -0.25) is 0 Å². The molecule has 3 rings (SSSR count). The van der Waals surface area contributed by atoms with Crippen LogP contribution in [0, 0.1) is 0 Å². The number of benzene rings is 1. The molecule has 0 saturated heterocycles. The van der Waals surface area contributed by atoms with Gasteiger partial charge in [-0.2, -0.15) is 5.10 Å².